The van der Waals surface area contributed by atoms with Gasteiger partial charge in [0, 0.05) is 31.7 Å². The Bertz CT molecular complexity index is 639. The van der Waals surface area contributed by atoms with E-state index in [-0.39, 0.29) is 29.7 Å². The Morgan fingerprint density at radius 2 is 2.04 bits per heavy atom. The average molecular weight is 377 g/mol. The Kier molecular flexibility index (Phi) is 6.77. The van der Waals surface area contributed by atoms with Crippen LogP contribution < -0.4 is 15.4 Å². The molecule has 3 rings (SSSR count). The standard InChI is InChI=1S/C20H31N3O4/c1-3-21-19(24)16-11-15(13-23(16)12-14-7-5-4-6-8-14)22-20(25)17-9-10-18(26-2)27-17/h9-10,14-16H,3-8,11-13H2,1-2H3,(H,21,24)(H,22,25)/t15-,16-/m0/s1. The smallest absolute Gasteiger partial charge is 0.287 e. The average Bonchev–Trinajstić information content (AvgIpc) is 3.30. The number of nitrogens with one attached hydrogen (secondary N) is 2. The van der Waals surface area contributed by atoms with Crippen LogP contribution in [0.15, 0.2) is 16.5 Å². The molecule has 2 atom stereocenters. The maximum atomic E-state index is 12.5. The second-order valence-electron chi connectivity index (χ2n) is 7.60. The highest BCUT2D eigenvalue weighted by atomic mass is 16.6. The van der Waals surface area contributed by atoms with Crippen molar-refractivity contribution in [3.63, 3.8) is 0 Å². The zero-order valence-electron chi connectivity index (χ0n) is 16.3. The topological polar surface area (TPSA) is 83.8 Å². The molecule has 0 aromatic carbocycles. The summed E-state index contributed by atoms with van der Waals surface area (Å²) in [4.78, 5) is 27.2. The summed E-state index contributed by atoms with van der Waals surface area (Å²) in [5.41, 5.74) is 0. The predicted molar refractivity (Wildman–Crippen MR) is 102 cm³/mol. The first kappa shape index (κ1) is 19.7. The van der Waals surface area contributed by atoms with Crippen LogP contribution in [-0.2, 0) is 4.79 Å². The maximum absolute atomic E-state index is 12.5. The van der Waals surface area contributed by atoms with Crippen molar-refractivity contribution in [1.29, 1.82) is 0 Å². The molecule has 1 saturated carbocycles. The Labute approximate surface area is 160 Å². The SMILES string of the molecule is CCNC(=O)[C@@H]1C[C@H](NC(=O)c2ccc(OC)o2)CN1CC1CCCCC1. The van der Waals surface area contributed by atoms with Crippen LogP contribution in [0, 0.1) is 5.92 Å². The number of hydrogen-bond acceptors (Lipinski definition) is 5. The molecule has 27 heavy (non-hydrogen) atoms. The highest BCUT2D eigenvalue weighted by molar-refractivity contribution is 5.92. The normalized spacial score (nSPS) is 23.9. The third-order valence-electron chi connectivity index (χ3n) is 5.62. The minimum Gasteiger partial charge on any atom is -0.468 e. The first-order valence-electron chi connectivity index (χ1n) is 10.1. The Balaban J connectivity index is 1.62. The van der Waals surface area contributed by atoms with Gasteiger partial charge in [0.05, 0.1) is 13.2 Å². The molecule has 1 aliphatic carbocycles. The van der Waals surface area contributed by atoms with Crippen LogP contribution >= 0.6 is 0 Å². The van der Waals surface area contributed by atoms with Crippen molar-refractivity contribution in [2.24, 2.45) is 5.92 Å². The Hall–Kier alpha value is -2.02. The largest absolute Gasteiger partial charge is 0.468 e. The number of ether oxygens (including phenoxy) is 1. The van der Waals surface area contributed by atoms with E-state index in [1.165, 1.54) is 39.2 Å². The van der Waals surface area contributed by atoms with E-state index in [0.717, 1.165) is 6.54 Å². The van der Waals surface area contributed by atoms with Crippen LogP contribution in [0.5, 0.6) is 5.95 Å². The summed E-state index contributed by atoms with van der Waals surface area (Å²) in [5, 5.41) is 5.96. The van der Waals surface area contributed by atoms with Gasteiger partial charge in [0.1, 0.15) is 0 Å². The van der Waals surface area contributed by atoms with Crippen molar-refractivity contribution in [1.82, 2.24) is 15.5 Å². The molecule has 0 radical (unpaired) electrons. The van der Waals surface area contributed by atoms with Crippen molar-refractivity contribution < 1.29 is 18.7 Å². The minimum absolute atomic E-state index is 0.0599. The van der Waals surface area contributed by atoms with E-state index in [2.05, 4.69) is 15.5 Å². The van der Waals surface area contributed by atoms with Gasteiger partial charge in [0.2, 0.25) is 5.91 Å². The van der Waals surface area contributed by atoms with Crippen molar-refractivity contribution in [3.8, 4) is 5.95 Å². The lowest BCUT2D eigenvalue weighted by Crippen LogP contribution is -2.45. The third-order valence-corrected chi connectivity index (χ3v) is 5.62. The van der Waals surface area contributed by atoms with Crippen molar-refractivity contribution >= 4 is 11.8 Å². The summed E-state index contributed by atoms with van der Waals surface area (Å²) in [5.74, 6) is 0.986. The van der Waals surface area contributed by atoms with Crippen LogP contribution in [0.1, 0.15) is 56.0 Å². The molecule has 0 spiro atoms. The number of carbonyl (C=O) groups is 2. The van der Waals surface area contributed by atoms with Crippen LogP contribution in [0.3, 0.4) is 0 Å². The number of methoxy groups -OCH3 is 1. The van der Waals surface area contributed by atoms with Gasteiger partial charge in [-0.15, -0.1) is 0 Å². The lowest BCUT2D eigenvalue weighted by atomic mass is 9.89. The second kappa shape index (κ2) is 9.26. The number of likely N-dealkylation sites (tertiary alicyclic amines) is 1. The summed E-state index contributed by atoms with van der Waals surface area (Å²) >= 11 is 0. The highest BCUT2D eigenvalue weighted by Crippen LogP contribution is 2.28. The van der Waals surface area contributed by atoms with Gasteiger partial charge >= 0.3 is 0 Å². The molecule has 1 aromatic heterocycles. The number of nitrogens with zero attached hydrogens (tertiary/aromatic N) is 1. The molecular weight excluding hydrogens is 346 g/mol. The predicted octanol–water partition coefficient (Wildman–Crippen LogP) is 2.18. The number of amides is 2. The first-order valence-corrected chi connectivity index (χ1v) is 10.1. The zero-order chi connectivity index (χ0) is 19.2. The van der Waals surface area contributed by atoms with Crippen molar-refractivity contribution in [3.05, 3.63) is 17.9 Å². The van der Waals surface area contributed by atoms with E-state index < -0.39 is 0 Å². The molecule has 0 unspecified atom stereocenters. The van der Waals surface area contributed by atoms with Crippen LogP contribution in [0.4, 0.5) is 0 Å². The highest BCUT2D eigenvalue weighted by Gasteiger charge is 2.38. The van der Waals surface area contributed by atoms with Gasteiger partial charge in [-0.05, 0) is 38.2 Å². The molecule has 2 amide bonds. The minimum atomic E-state index is -0.266. The van der Waals surface area contributed by atoms with Gasteiger partial charge in [0.25, 0.3) is 11.9 Å². The van der Waals surface area contributed by atoms with E-state index in [1.54, 1.807) is 12.1 Å². The van der Waals surface area contributed by atoms with Crippen LogP contribution in [-0.4, -0.2) is 55.5 Å². The summed E-state index contributed by atoms with van der Waals surface area (Å²) in [6.07, 6.45) is 6.99. The third kappa shape index (κ3) is 5.03. The van der Waals surface area contributed by atoms with E-state index in [4.69, 9.17) is 9.15 Å². The molecule has 7 heteroatoms. The fourth-order valence-electron chi connectivity index (χ4n) is 4.28. The fraction of sp³-hybridized carbons (Fsp3) is 0.700. The lowest BCUT2D eigenvalue weighted by molar-refractivity contribution is -0.125. The van der Waals surface area contributed by atoms with Gasteiger partial charge in [-0.3, -0.25) is 14.5 Å². The summed E-state index contributed by atoms with van der Waals surface area (Å²) < 4.78 is 10.3. The first-order chi connectivity index (χ1) is 13.1. The fourth-order valence-corrected chi connectivity index (χ4v) is 4.28. The summed E-state index contributed by atoms with van der Waals surface area (Å²) in [7, 11) is 1.50. The van der Waals surface area contributed by atoms with E-state index in [0.29, 0.717) is 31.4 Å². The van der Waals surface area contributed by atoms with E-state index in [1.807, 2.05) is 6.92 Å². The quantitative estimate of drug-likeness (QED) is 0.761. The molecule has 2 fully saturated rings. The van der Waals surface area contributed by atoms with Gasteiger partial charge in [-0.1, -0.05) is 19.3 Å². The van der Waals surface area contributed by atoms with Crippen molar-refractivity contribution in [2.45, 2.75) is 57.5 Å². The molecular formula is C20H31N3O4. The summed E-state index contributed by atoms with van der Waals surface area (Å²) in [6.45, 7) is 4.18. The van der Waals surface area contributed by atoms with Crippen LogP contribution in [0.25, 0.3) is 0 Å². The Morgan fingerprint density at radius 1 is 1.26 bits per heavy atom. The van der Waals surface area contributed by atoms with Crippen LogP contribution in [0.2, 0.25) is 0 Å². The van der Waals surface area contributed by atoms with Crippen molar-refractivity contribution in [2.75, 3.05) is 26.7 Å². The number of carbonyl (C=O) groups excluding carboxylic acids is 2. The number of rotatable bonds is 7. The second-order valence-corrected chi connectivity index (χ2v) is 7.60. The summed E-state index contributed by atoms with van der Waals surface area (Å²) in [6, 6.07) is 2.98. The molecule has 1 aromatic rings. The maximum Gasteiger partial charge on any atom is 0.287 e. The molecule has 150 valence electrons. The lowest BCUT2D eigenvalue weighted by Gasteiger charge is -2.30. The number of furan rings is 1. The van der Waals surface area contributed by atoms with Gasteiger partial charge in [-0.2, -0.15) is 0 Å². The molecule has 1 aliphatic heterocycles. The van der Waals surface area contributed by atoms with Gasteiger partial charge < -0.3 is 19.8 Å². The molecule has 2 heterocycles. The molecule has 2 N–H and O–H groups in total. The molecule has 2 aliphatic rings. The van der Waals surface area contributed by atoms with E-state index >= 15 is 0 Å². The van der Waals surface area contributed by atoms with Gasteiger partial charge in [-0.25, -0.2) is 0 Å². The Morgan fingerprint density at radius 3 is 2.70 bits per heavy atom. The van der Waals surface area contributed by atoms with Gasteiger partial charge in [0.15, 0.2) is 5.76 Å². The molecule has 7 nitrogen and oxygen atoms in total. The zero-order valence-corrected chi connectivity index (χ0v) is 16.3. The molecule has 1 saturated heterocycles. The monoisotopic (exact) mass is 377 g/mol. The number of hydrogen-bond donors (Lipinski definition) is 2. The molecule has 0 bridgehead atoms. The number of likely N-dealkylation sites (N-methyl/N-ethyl adjacent to an activating group) is 1. The van der Waals surface area contributed by atoms with E-state index in [9.17, 15) is 9.59 Å².